The molecule has 1 aliphatic rings. The van der Waals surface area contributed by atoms with E-state index in [9.17, 15) is 9.59 Å². The maximum atomic E-state index is 11.7. The van der Waals surface area contributed by atoms with Crippen molar-refractivity contribution in [2.75, 3.05) is 20.1 Å². The van der Waals surface area contributed by atoms with Gasteiger partial charge in [-0.25, -0.2) is 0 Å². The molecule has 98 valence electrons. The first kappa shape index (κ1) is 14.0. The van der Waals surface area contributed by atoms with Gasteiger partial charge < -0.3 is 10.4 Å². The van der Waals surface area contributed by atoms with Crippen LogP contribution in [0.5, 0.6) is 0 Å². The van der Waals surface area contributed by atoms with Crippen LogP contribution in [-0.4, -0.2) is 48.1 Å². The van der Waals surface area contributed by atoms with E-state index in [1.165, 1.54) is 0 Å². The first-order chi connectivity index (χ1) is 7.89. The van der Waals surface area contributed by atoms with Gasteiger partial charge in [0.15, 0.2) is 0 Å². The highest BCUT2D eigenvalue weighted by Crippen LogP contribution is 2.31. The Kier molecular flexibility index (Phi) is 4.51. The molecule has 0 spiro atoms. The largest absolute Gasteiger partial charge is 0.481 e. The monoisotopic (exact) mass is 242 g/mol. The quantitative estimate of drug-likeness (QED) is 0.744. The summed E-state index contributed by atoms with van der Waals surface area (Å²) in [6.45, 7) is 5.58. The van der Waals surface area contributed by atoms with E-state index in [1.807, 2.05) is 13.8 Å². The van der Waals surface area contributed by atoms with E-state index in [-0.39, 0.29) is 23.8 Å². The number of likely N-dealkylation sites (tertiary alicyclic amines) is 1. The number of aliphatic carboxylic acids is 1. The van der Waals surface area contributed by atoms with Crippen LogP contribution in [0.4, 0.5) is 0 Å². The molecule has 1 aliphatic heterocycles. The Labute approximate surface area is 102 Å². The van der Waals surface area contributed by atoms with E-state index in [1.54, 1.807) is 7.05 Å². The number of rotatable bonds is 5. The number of carboxylic acid groups (broad SMARTS) is 1. The van der Waals surface area contributed by atoms with Crippen LogP contribution in [-0.2, 0) is 9.59 Å². The second-order valence-corrected chi connectivity index (χ2v) is 5.14. The van der Waals surface area contributed by atoms with Crippen molar-refractivity contribution >= 4 is 11.9 Å². The summed E-state index contributed by atoms with van der Waals surface area (Å²) >= 11 is 0. The molecular weight excluding hydrogens is 220 g/mol. The van der Waals surface area contributed by atoms with Crippen LogP contribution in [0.3, 0.4) is 0 Å². The molecule has 0 aromatic carbocycles. The highest BCUT2D eigenvalue weighted by atomic mass is 16.4. The third-order valence-electron chi connectivity index (χ3n) is 3.68. The second kappa shape index (κ2) is 5.49. The fourth-order valence-corrected chi connectivity index (χ4v) is 2.37. The number of amides is 1. The average molecular weight is 242 g/mol. The van der Waals surface area contributed by atoms with Crippen molar-refractivity contribution in [3.8, 4) is 0 Å². The zero-order chi connectivity index (χ0) is 13.1. The molecule has 0 aliphatic carbocycles. The minimum atomic E-state index is -0.759. The normalized spacial score (nSPS) is 26.8. The minimum Gasteiger partial charge on any atom is -0.481 e. The molecule has 2 N–H and O–H groups in total. The predicted molar refractivity (Wildman–Crippen MR) is 64.7 cm³/mol. The maximum absolute atomic E-state index is 11.7. The molecule has 0 saturated carbocycles. The lowest BCUT2D eigenvalue weighted by atomic mass is 9.89. The van der Waals surface area contributed by atoms with Crippen LogP contribution in [0.15, 0.2) is 0 Å². The van der Waals surface area contributed by atoms with Gasteiger partial charge in [-0.05, 0) is 33.2 Å². The number of carboxylic acids is 1. The van der Waals surface area contributed by atoms with Crippen LogP contribution >= 0.6 is 0 Å². The fraction of sp³-hybridized carbons (Fsp3) is 0.833. The molecule has 0 bridgehead atoms. The van der Waals surface area contributed by atoms with Gasteiger partial charge in [0.05, 0.1) is 5.41 Å². The molecule has 5 nitrogen and oxygen atoms in total. The molecule has 1 amide bonds. The van der Waals surface area contributed by atoms with Gasteiger partial charge in [-0.3, -0.25) is 14.5 Å². The zero-order valence-electron chi connectivity index (χ0n) is 10.8. The summed E-state index contributed by atoms with van der Waals surface area (Å²) in [6.07, 6.45) is 1.66. The second-order valence-electron chi connectivity index (χ2n) is 5.14. The van der Waals surface area contributed by atoms with E-state index in [4.69, 9.17) is 5.11 Å². The fourth-order valence-electron chi connectivity index (χ4n) is 2.37. The van der Waals surface area contributed by atoms with Crippen molar-refractivity contribution in [2.45, 2.75) is 39.2 Å². The van der Waals surface area contributed by atoms with Crippen molar-refractivity contribution in [1.82, 2.24) is 10.2 Å². The van der Waals surface area contributed by atoms with Gasteiger partial charge in [0.1, 0.15) is 0 Å². The molecule has 0 aromatic rings. The molecule has 0 aromatic heterocycles. The van der Waals surface area contributed by atoms with Crippen LogP contribution in [0, 0.1) is 5.41 Å². The SMILES string of the molecule is CNC(=O)C1(C)CCN(C(C)CCC(=O)O)C1. The predicted octanol–water partition coefficient (Wildman–Crippen LogP) is 0.698. The number of nitrogens with one attached hydrogen (secondary N) is 1. The van der Waals surface area contributed by atoms with Crippen molar-refractivity contribution in [3.05, 3.63) is 0 Å². The van der Waals surface area contributed by atoms with E-state index in [0.717, 1.165) is 13.0 Å². The molecule has 2 atom stereocenters. The van der Waals surface area contributed by atoms with Crippen molar-refractivity contribution in [3.63, 3.8) is 0 Å². The zero-order valence-corrected chi connectivity index (χ0v) is 10.8. The topological polar surface area (TPSA) is 69.6 Å². The van der Waals surface area contributed by atoms with Gasteiger partial charge in [0.2, 0.25) is 5.91 Å². The number of nitrogens with zero attached hydrogens (tertiary/aromatic N) is 1. The smallest absolute Gasteiger partial charge is 0.303 e. The molecule has 0 radical (unpaired) electrons. The molecule has 17 heavy (non-hydrogen) atoms. The summed E-state index contributed by atoms with van der Waals surface area (Å²) < 4.78 is 0. The Bertz CT molecular complexity index is 306. The Morgan fingerprint density at radius 1 is 1.53 bits per heavy atom. The van der Waals surface area contributed by atoms with Crippen LogP contribution in [0.1, 0.15) is 33.1 Å². The number of carbonyl (C=O) groups is 2. The lowest BCUT2D eigenvalue weighted by Crippen LogP contribution is -2.41. The third-order valence-corrected chi connectivity index (χ3v) is 3.68. The molecule has 2 unspecified atom stereocenters. The Hall–Kier alpha value is -1.10. The van der Waals surface area contributed by atoms with E-state index in [2.05, 4.69) is 10.2 Å². The Morgan fingerprint density at radius 2 is 2.18 bits per heavy atom. The summed E-state index contributed by atoms with van der Waals surface area (Å²) in [5, 5.41) is 11.3. The summed E-state index contributed by atoms with van der Waals surface area (Å²) in [5.74, 6) is -0.685. The molecule has 1 fully saturated rings. The van der Waals surface area contributed by atoms with Crippen molar-refractivity contribution in [1.29, 1.82) is 0 Å². The van der Waals surface area contributed by atoms with E-state index >= 15 is 0 Å². The first-order valence-electron chi connectivity index (χ1n) is 6.07. The lowest BCUT2D eigenvalue weighted by Gasteiger charge is -2.26. The van der Waals surface area contributed by atoms with Gasteiger partial charge in [0, 0.05) is 26.1 Å². The van der Waals surface area contributed by atoms with Crippen molar-refractivity contribution < 1.29 is 14.7 Å². The maximum Gasteiger partial charge on any atom is 0.303 e. The lowest BCUT2D eigenvalue weighted by molar-refractivity contribution is -0.137. The molecule has 1 heterocycles. The Morgan fingerprint density at radius 3 is 2.71 bits per heavy atom. The number of hydrogen-bond donors (Lipinski definition) is 2. The van der Waals surface area contributed by atoms with Gasteiger partial charge in [-0.2, -0.15) is 0 Å². The molecular formula is C12H22N2O3. The average Bonchev–Trinajstić information content (AvgIpc) is 2.69. The van der Waals surface area contributed by atoms with Crippen LogP contribution < -0.4 is 5.32 Å². The molecule has 1 rings (SSSR count). The van der Waals surface area contributed by atoms with Crippen LogP contribution in [0.2, 0.25) is 0 Å². The van der Waals surface area contributed by atoms with Gasteiger partial charge >= 0.3 is 5.97 Å². The number of hydrogen-bond acceptors (Lipinski definition) is 3. The third kappa shape index (κ3) is 3.43. The minimum absolute atomic E-state index is 0.0745. The Balaban J connectivity index is 2.49. The summed E-state index contributed by atoms with van der Waals surface area (Å²) in [4.78, 5) is 24.5. The number of carbonyl (C=O) groups excluding carboxylic acids is 1. The van der Waals surface area contributed by atoms with E-state index in [0.29, 0.717) is 13.0 Å². The van der Waals surface area contributed by atoms with Gasteiger partial charge in [-0.15, -0.1) is 0 Å². The summed E-state index contributed by atoms with van der Waals surface area (Å²) in [7, 11) is 1.66. The standard InChI is InChI=1S/C12H22N2O3/c1-9(4-5-10(15)16)14-7-6-12(2,8-14)11(17)13-3/h9H,4-8H2,1-3H3,(H,13,17)(H,15,16). The van der Waals surface area contributed by atoms with Crippen LogP contribution in [0.25, 0.3) is 0 Å². The highest BCUT2D eigenvalue weighted by molar-refractivity contribution is 5.82. The summed E-state index contributed by atoms with van der Waals surface area (Å²) in [5.41, 5.74) is -0.327. The van der Waals surface area contributed by atoms with Gasteiger partial charge in [0.25, 0.3) is 0 Å². The highest BCUT2D eigenvalue weighted by Gasteiger charge is 2.40. The first-order valence-corrected chi connectivity index (χ1v) is 6.07. The van der Waals surface area contributed by atoms with Crippen molar-refractivity contribution in [2.24, 2.45) is 5.41 Å². The summed E-state index contributed by atoms with van der Waals surface area (Å²) in [6, 6.07) is 0.220. The van der Waals surface area contributed by atoms with E-state index < -0.39 is 5.97 Å². The molecule has 5 heteroatoms. The van der Waals surface area contributed by atoms with Gasteiger partial charge in [-0.1, -0.05) is 0 Å². The molecule has 1 saturated heterocycles.